The molecule has 1 saturated heterocycles. The number of amides is 1. The van der Waals surface area contributed by atoms with Crippen molar-refractivity contribution in [2.75, 3.05) is 19.6 Å². The van der Waals surface area contributed by atoms with Crippen LogP contribution in [-0.2, 0) is 4.79 Å². The number of benzene rings is 1. The van der Waals surface area contributed by atoms with Gasteiger partial charge < -0.3 is 21.7 Å². The Kier molecular flexibility index (Phi) is 5.87. The predicted molar refractivity (Wildman–Crippen MR) is 117 cm³/mol. The molecule has 0 bridgehead atoms. The molecule has 8 heteroatoms. The van der Waals surface area contributed by atoms with Crippen molar-refractivity contribution in [3.8, 4) is 0 Å². The first kappa shape index (κ1) is 19.9. The van der Waals surface area contributed by atoms with E-state index in [1.165, 1.54) is 25.2 Å². The largest absolute Gasteiger partial charge is 0.387 e. The van der Waals surface area contributed by atoms with E-state index in [-0.39, 0.29) is 17.5 Å². The number of primary amides is 1. The Morgan fingerprint density at radius 3 is 2.55 bits per heavy atom. The highest BCUT2D eigenvalue weighted by molar-refractivity contribution is 6.30. The van der Waals surface area contributed by atoms with Gasteiger partial charge in [0.1, 0.15) is 5.84 Å². The SMILES string of the molecule is NC(=O)/C(=C/N[C@H]1CC[C@@H](N2CCC2)C[C@@H]1C1=NC1)C(N)=Nc1ccc(Cl)cc1. The third kappa shape index (κ3) is 4.79. The van der Waals surface area contributed by atoms with Crippen molar-refractivity contribution in [3.05, 3.63) is 41.1 Å². The lowest BCUT2D eigenvalue weighted by Gasteiger charge is -2.44. The fraction of sp³-hybridized carbons (Fsp3) is 0.476. The zero-order valence-corrected chi connectivity index (χ0v) is 17.1. The lowest BCUT2D eigenvalue weighted by Crippen LogP contribution is -2.52. The summed E-state index contributed by atoms with van der Waals surface area (Å²) in [6.07, 6.45) is 6.23. The molecule has 2 fully saturated rings. The van der Waals surface area contributed by atoms with E-state index in [9.17, 15) is 4.79 Å². The lowest BCUT2D eigenvalue weighted by atomic mass is 9.78. The van der Waals surface area contributed by atoms with Gasteiger partial charge in [-0.1, -0.05) is 11.6 Å². The molecule has 0 aromatic heterocycles. The van der Waals surface area contributed by atoms with Crippen LogP contribution < -0.4 is 16.8 Å². The van der Waals surface area contributed by atoms with Crippen LogP contribution in [0.25, 0.3) is 0 Å². The average molecular weight is 415 g/mol. The molecule has 7 nitrogen and oxygen atoms in total. The molecular formula is C21H27ClN6O. The Balaban J connectivity index is 1.46. The summed E-state index contributed by atoms with van der Waals surface area (Å²) in [5, 5.41) is 4.01. The van der Waals surface area contributed by atoms with Gasteiger partial charge in [-0.05, 0) is 63.0 Å². The highest BCUT2D eigenvalue weighted by Crippen LogP contribution is 2.33. The third-order valence-electron chi connectivity index (χ3n) is 6.06. The molecule has 2 aliphatic heterocycles. The van der Waals surface area contributed by atoms with Gasteiger partial charge in [0, 0.05) is 34.9 Å². The molecule has 2 heterocycles. The first-order valence-electron chi connectivity index (χ1n) is 10.1. The van der Waals surface area contributed by atoms with E-state index in [1.807, 2.05) is 0 Å². The van der Waals surface area contributed by atoms with E-state index in [0.717, 1.165) is 25.8 Å². The second-order valence-corrected chi connectivity index (χ2v) is 8.38. The topological polar surface area (TPSA) is 109 Å². The number of hydrogen-bond donors (Lipinski definition) is 3. The van der Waals surface area contributed by atoms with Crippen molar-refractivity contribution in [1.29, 1.82) is 0 Å². The second kappa shape index (κ2) is 8.55. The molecule has 0 unspecified atom stereocenters. The molecule has 3 atom stereocenters. The Morgan fingerprint density at radius 2 is 1.97 bits per heavy atom. The maximum Gasteiger partial charge on any atom is 0.253 e. The molecular weight excluding hydrogens is 388 g/mol. The smallest absolute Gasteiger partial charge is 0.253 e. The van der Waals surface area contributed by atoms with E-state index in [4.69, 9.17) is 23.1 Å². The molecule has 0 spiro atoms. The number of halogens is 1. The molecule has 1 aromatic rings. The fourth-order valence-electron chi connectivity index (χ4n) is 4.21. The Labute approximate surface area is 175 Å². The maximum absolute atomic E-state index is 12.0. The fourth-order valence-corrected chi connectivity index (χ4v) is 4.34. The van der Waals surface area contributed by atoms with Crippen LogP contribution in [0.4, 0.5) is 5.69 Å². The summed E-state index contributed by atoms with van der Waals surface area (Å²) in [6, 6.07) is 7.78. The predicted octanol–water partition coefficient (Wildman–Crippen LogP) is 1.99. The van der Waals surface area contributed by atoms with E-state index in [1.54, 1.807) is 30.5 Å². The highest BCUT2D eigenvalue weighted by Gasteiger charge is 2.39. The summed E-state index contributed by atoms with van der Waals surface area (Å²) in [5.74, 6) is -0.127. The zero-order chi connectivity index (χ0) is 20.4. The van der Waals surface area contributed by atoms with Gasteiger partial charge in [-0.2, -0.15) is 0 Å². The van der Waals surface area contributed by atoms with E-state index < -0.39 is 5.91 Å². The molecule has 3 aliphatic rings. The van der Waals surface area contributed by atoms with Gasteiger partial charge >= 0.3 is 0 Å². The van der Waals surface area contributed by atoms with Gasteiger partial charge in [-0.15, -0.1) is 0 Å². The van der Waals surface area contributed by atoms with Crippen molar-refractivity contribution in [2.24, 2.45) is 27.4 Å². The molecule has 1 aromatic carbocycles. The quantitative estimate of drug-likeness (QED) is 0.360. The molecule has 1 saturated carbocycles. The van der Waals surface area contributed by atoms with Gasteiger partial charge in [0.25, 0.3) is 5.91 Å². The molecule has 1 amide bonds. The maximum atomic E-state index is 12.0. The minimum absolute atomic E-state index is 0.0851. The van der Waals surface area contributed by atoms with Crippen LogP contribution in [0.5, 0.6) is 0 Å². The van der Waals surface area contributed by atoms with Gasteiger partial charge in [0.2, 0.25) is 0 Å². The number of likely N-dealkylation sites (tertiary alicyclic amines) is 1. The van der Waals surface area contributed by atoms with Gasteiger partial charge in [0.15, 0.2) is 0 Å². The summed E-state index contributed by atoms with van der Waals surface area (Å²) < 4.78 is 0. The summed E-state index contributed by atoms with van der Waals surface area (Å²) in [5.41, 5.74) is 13.7. The van der Waals surface area contributed by atoms with E-state index in [0.29, 0.717) is 22.7 Å². The number of nitrogens with two attached hydrogens (primary N) is 2. The van der Waals surface area contributed by atoms with Crippen LogP contribution in [0.15, 0.2) is 46.0 Å². The zero-order valence-electron chi connectivity index (χ0n) is 16.4. The molecule has 0 radical (unpaired) electrons. The lowest BCUT2D eigenvalue weighted by molar-refractivity contribution is -0.114. The Hall–Kier alpha value is -2.38. The number of carbonyl (C=O) groups is 1. The third-order valence-corrected chi connectivity index (χ3v) is 6.31. The average Bonchev–Trinajstić information content (AvgIpc) is 3.48. The number of nitrogens with one attached hydrogen (secondary N) is 1. The van der Waals surface area contributed by atoms with Crippen molar-refractivity contribution < 1.29 is 4.79 Å². The minimum atomic E-state index is -0.609. The van der Waals surface area contributed by atoms with Crippen LogP contribution >= 0.6 is 11.6 Å². The minimum Gasteiger partial charge on any atom is -0.387 e. The Morgan fingerprint density at radius 1 is 1.24 bits per heavy atom. The summed E-state index contributed by atoms with van der Waals surface area (Å²) in [6.45, 7) is 3.29. The molecule has 4 rings (SSSR count). The normalized spacial score (nSPS) is 27.8. The van der Waals surface area contributed by atoms with Gasteiger partial charge in [-0.25, -0.2) is 4.99 Å². The second-order valence-electron chi connectivity index (χ2n) is 7.94. The number of nitrogens with zero attached hydrogens (tertiary/aromatic N) is 3. The van der Waals surface area contributed by atoms with Crippen LogP contribution in [0.1, 0.15) is 25.7 Å². The molecule has 5 N–H and O–H groups in total. The van der Waals surface area contributed by atoms with Crippen molar-refractivity contribution in [2.45, 2.75) is 37.8 Å². The number of carbonyl (C=O) groups excluding carboxylic acids is 1. The van der Waals surface area contributed by atoms with Gasteiger partial charge in [0.05, 0.1) is 17.8 Å². The number of amidine groups is 1. The first-order valence-corrected chi connectivity index (χ1v) is 10.5. The number of hydrogen-bond acceptors (Lipinski definition) is 5. The highest BCUT2D eigenvalue weighted by atomic mass is 35.5. The summed E-state index contributed by atoms with van der Waals surface area (Å²) in [7, 11) is 0. The molecule has 29 heavy (non-hydrogen) atoms. The van der Waals surface area contributed by atoms with Crippen molar-refractivity contribution in [1.82, 2.24) is 10.2 Å². The van der Waals surface area contributed by atoms with Crippen LogP contribution in [-0.4, -0.2) is 54.1 Å². The van der Waals surface area contributed by atoms with E-state index >= 15 is 0 Å². The van der Waals surface area contributed by atoms with Crippen molar-refractivity contribution in [3.63, 3.8) is 0 Å². The number of aliphatic imine (C=N–C) groups is 2. The Bertz CT molecular complexity index is 858. The van der Waals surface area contributed by atoms with Crippen molar-refractivity contribution >= 4 is 34.7 Å². The van der Waals surface area contributed by atoms with E-state index in [2.05, 4.69) is 20.2 Å². The van der Waals surface area contributed by atoms with Gasteiger partial charge in [-0.3, -0.25) is 9.79 Å². The molecule has 154 valence electrons. The summed E-state index contributed by atoms with van der Waals surface area (Å²) >= 11 is 5.90. The number of rotatable bonds is 7. The van der Waals surface area contributed by atoms with Crippen LogP contribution in [0.3, 0.4) is 0 Å². The monoisotopic (exact) mass is 414 g/mol. The summed E-state index contributed by atoms with van der Waals surface area (Å²) in [4.78, 5) is 23.3. The standard InChI is InChI=1S/C21H27ClN6O/c22-13-2-4-14(5-3-13)27-20(23)17(21(24)29)11-25-18-7-6-15(28-8-1-9-28)10-16(18)19-12-26-19/h2-5,11,15-16,18,25H,1,6-10,12H2,(H2,23,27)(H2,24,29)/b17-11+/t15-,16+,18+/m1/s1. The first-order chi connectivity index (χ1) is 14.0. The van der Waals surface area contributed by atoms with Crippen LogP contribution in [0, 0.1) is 5.92 Å². The molecule has 1 aliphatic carbocycles. The van der Waals surface area contributed by atoms with Crippen LogP contribution in [0.2, 0.25) is 5.02 Å².